The number of nitrogens with one attached hydrogen (secondary N) is 1. The Morgan fingerprint density at radius 3 is 1.36 bits per heavy atom. The molecule has 6 aromatic heterocycles. The predicted octanol–water partition coefficient (Wildman–Crippen LogP) is 24.7. The molecule has 1 N–H and O–H groups in total. The summed E-state index contributed by atoms with van der Waals surface area (Å²) in [7, 11) is -15.1. The molecule has 7 heterocycles. The number of para-hydroxylation sites is 6. The van der Waals surface area contributed by atoms with Crippen molar-refractivity contribution in [2.24, 2.45) is 0 Å². The summed E-state index contributed by atoms with van der Waals surface area (Å²) in [5.41, 5.74) is 11.4. The van der Waals surface area contributed by atoms with Crippen molar-refractivity contribution in [3.8, 4) is 34.0 Å². The molecule has 0 atom stereocenters. The van der Waals surface area contributed by atoms with Crippen LogP contribution in [0.5, 0.6) is 0 Å². The number of pyridine rings is 4. The van der Waals surface area contributed by atoms with E-state index in [0.717, 1.165) is 78.5 Å². The molecule has 38 heteroatoms. The number of rotatable bonds is 21. The molecule has 676 valence electrons. The Labute approximate surface area is 865 Å². The molecule has 28 nitrogen and oxygen atoms in total. The molecule has 12 aromatic carbocycles. The number of aryl methyl sites for hydroxylation is 1. The molecular weight excluding hydrogens is 2100 g/mol. The van der Waals surface area contributed by atoms with Crippen LogP contribution in [0, 0.1) is 6.92 Å². The summed E-state index contributed by atoms with van der Waals surface area (Å²) in [4.78, 5) is 64.9. The first-order valence-corrected chi connectivity index (χ1v) is 48.8. The number of fused-ring (bicyclic) bond motifs is 11. The molecule has 1 aliphatic carbocycles. The van der Waals surface area contributed by atoms with Gasteiger partial charge in [0, 0.05) is 184 Å². The van der Waals surface area contributed by atoms with Crippen molar-refractivity contribution in [2.75, 3.05) is 42.7 Å². The Morgan fingerprint density at radius 2 is 0.826 bits per heavy atom. The van der Waals surface area contributed by atoms with Gasteiger partial charge in [0.25, 0.3) is 0 Å². The quantitative estimate of drug-likeness (QED) is 0.0396. The number of hydrogen-bond acceptors (Lipinski definition) is 21. The number of carbonyl (C=O) groups excluding carboxylic acids is 1. The standard InChI is InChI=1S/C30H25N5O3.C21H16N3O2S.C18H12N4O2S.C18H13N2O2S2.C13H16N3O2S.5Zn/c1-3-35(4-2)19-14-15-22-24(17-19)38-29-26(32-22)20-11-5-6-12-21(20)28(36)27(29)34-30(37)33-23-13-7-9-18-10-8-16-31-25(18)23;1-27(25,26)24-18-14-8-13-17-21(18)23-20(16-11-6-3-7-12-16)19(22-17)15-9-4-2-5-10-15;23-25(24,21-15-9-1-5-13-7-3-11-19-17(13)15)22-16-10-2-6-14-8-4-12-20-18(14)16;1-12-19-18-15(9-5-10-16(18)23-12)20-24(21,22)17-11-4-7-13-6-2-3-8-14(13)17;1-3-16(4-2)19(17,18)15-12-9-5-7-11-8-6-10-14-13(11)12;;;;;/h5-17H,3-4H2,1-2H3,(H2,32,33,34,37);2-14H,1H3;1-12H;2-11H,1H3;5-10H,3-4H2,1-2H3;;;;;/q;-1;-2;2*-1;;;;;+2/p-1. The number of aromatic nitrogens is 8. The van der Waals surface area contributed by atoms with Crippen LogP contribution < -0.4 is 15.6 Å². The van der Waals surface area contributed by atoms with E-state index >= 15 is 0 Å². The van der Waals surface area contributed by atoms with Crippen LogP contribution in [0.2, 0.25) is 0 Å². The zero-order valence-corrected chi connectivity index (χ0v) is 94.6. The molecule has 2 aliphatic rings. The summed E-state index contributed by atoms with van der Waals surface area (Å²) in [6.45, 7) is 12.1. The number of benzene rings is 13. The molecule has 20 rings (SSSR count). The Bertz CT molecular complexity index is 8190. The first kappa shape index (κ1) is 106. The third-order valence-corrected chi connectivity index (χ3v) is 26.2. The van der Waals surface area contributed by atoms with E-state index in [4.69, 9.17) is 19.4 Å². The van der Waals surface area contributed by atoms with Gasteiger partial charge in [-0.15, -0.1) is 34.1 Å². The van der Waals surface area contributed by atoms with Crippen molar-refractivity contribution in [3.05, 3.63) is 372 Å². The fraction of sp³-hybridized carbons (Fsp3) is 0.100. The van der Waals surface area contributed by atoms with E-state index < -0.39 is 46.5 Å². The number of urea groups is 1. The Morgan fingerprint density at radius 1 is 0.399 bits per heavy atom. The summed E-state index contributed by atoms with van der Waals surface area (Å²) in [6.07, 6.45) is 7.54. The molecular formula is C100H81N17O11S5Zn5-4. The van der Waals surface area contributed by atoms with Gasteiger partial charge in [0.2, 0.25) is 0 Å². The van der Waals surface area contributed by atoms with Gasteiger partial charge in [-0.2, -0.15) is 0 Å². The maximum Gasteiger partial charge on any atom is 2.00 e. The van der Waals surface area contributed by atoms with Gasteiger partial charge in [-0.1, -0.05) is 262 Å². The van der Waals surface area contributed by atoms with E-state index in [-0.39, 0.29) is 131 Å². The van der Waals surface area contributed by atoms with Gasteiger partial charge in [-0.05, 0) is 108 Å². The monoisotopic (exact) mass is 2180 g/mol. The smallest absolute Gasteiger partial charge is 0.589 e. The maximum absolute atomic E-state index is 13.6. The molecule has 0 spiro atoms. The van der Waals surface area contributed by atoms with Crippen molar-refractivity contribution in [1.82, 2.24) is 44.2 Å². The zero-order valence-electron chi connectivity index (χ0n) is 75.7. The van der Waals surface area contributed by atoms with Gasteiger partial charge in [0.1, 0.15) is 21.2 Å². The van der Waals surface area contributed by atoms with Crippen LogP contribution in [0.15, 0.2) is 342 Å². The molecule has 0 bridgehead atoms. The van der Waals surface area contributed by atoms with Gasteiger partial charge in [-0.3, -0.25) is 37.9 Å². The average Bonchev–Trinajstić information content (AvgIpc) is 0.867. The van der Waals surface area contributed by atoms with Crippen LogP contribution in [0.25, 0.3) is 160 Å². The van der Waals surface area contributed by atoms with Crippen LogP contribution in [-0.4, -0.2) is 116 Å². The minimum atomic E-state index is -4.10. The largest absolute Gasteiger partial charge is 2.00 e. The second-order valence-electron chi connectivity index (χ2n) is 29.7. The van der Waals surface area contributed by atoms with Crippen molar-refractivity contribution < 1.29 is 140 Å². The topological polar surface area (TPSA) is 390 Å². The summed E-state index contributed by atoms with van der Waals surface area (Å²) in [5, 5.41) is 13.8. The molecule has 0 radical (unpaired) electrons. The third-order valence-electron chi connectivity index (χ3n) is 21.0. The van der Waals surface area contributed by atoms with E-state index in [0.29, 0.717) is 113 Å². The van der Waals surface area contributed by atoms with E-state index in [1.165, 1.54) is 15.6 Å². The van der Waals surface area contributed by atoms with Crippen molar-refractivity contribution in [1.29, 1.82) is 0 Å². The zero-order chi connectivity index (χ0) is 93.0. The van der Waals surface area contributed by atoms with Gasteiger partial charge >= 0.3 is 19.5 Å². The summed E-state index contributed by atoms with van der Waals surface area (Å²) in [5.74, 6) is 0.206. The van der Waals surface area contributed by atoms with Crippen LogP contribution in [0.1, 0.15) is 32.7 Å². The molecule has 2 amide bonds. The molecule has 0 unspecified atom stereocenters. The fourth-order valence-corrected chi connectivity index (χ4v) is 19.5. The van der Waals surface area contributed by atoms with Gasteiger partial charge < -0.3 is 43.6 Å². The van der Waals surface area contributed by atoms with Crippen molar-refractivity contribution >= 4 is 201 Å². The fourth-order valence-electron chi connectivity index (χ4n) is 14.9. The second-order valence-corrected chi connectivity index (χ2v) is 37.0. The minimum Gasteiger partial charge on any atom is -0.589 e. The number of carbonyl (C=O) groups is 1. The Balaban J connectivity index is 0.000000167. The Kier molecular flexibility index (Phi) is 36.3. The molecule has 0 fully saturated rings. The van der Waals surface area contributed by atoms with E-state index in [2.05, 4.69) is 77.9 Å². The predicted molar refractivity (Wildman–Crippen MR) is 534 cm³/mol. The summed E-state index contributed by atoms with van der Waals surface area (Å²) in [6, 6.07) is 90.8. The van der Waals surface area contributed by atoms with Crippen molar-refractivity contribution in [2.45, 2.75) is 39.5 Å². The Hall–Kier alpha value is -12.4. The normalized spacial score (nSPS) is 11.2. The summed E-state index contributed by atoms with van der Waals surface area (Å²) < 4.78 is 126. The van der Waals surface area contributed by atoms with Crippen molar-refractivity contribution in [3.63, 3.8) is 0 Å². The van der Waals surface area contributed by atoms with Crippen LogP contribution in [-0.2, 0) is 138 Å². The number of thiazole rings is 1. The first-order chi connectivity index (χ1) is 64.3. The van der Waals surface area contributed by atoms with E-state index in [9.17, 15) is 43.3 Å². The van der Waals surface area contributed by atoms with E-state index in [1.54, 1.807) is 154 Å². The number of nitrogens with zero attached hydrogens (tertiary/aromatic N) is 16. The summed E-state index contributed by atoms with van der Waals surface area (Å²) >= 11 is 1.52. The number of anilines is 2. The third kappa shape index (κ3) is 24.8. The number of sulfonamides is 2. The molecule has 0 saturated heterocycles. The average molecular weight is 2180 g/mol. The van der Waals surface area contributed by atoms with Crippen LogP contribution >= 0.6 is 11.3 Å². The minimum absolute atomic E-state index is 0. The first-order valence-electron chi connectivity index (χ1n) is 41.9. The molecule has 138 heavy (non-hydrogen) atoms. The van der Waals surface area contributed by atoms with Gasteiger partial charge in [0.15, 0.2) is 33.0 Å². The second kappa shape index (κ2) is 47.3. The molecule has 1 aliphatic heterocycles. The van der Waals surface area contributed by atoms with Crippen LogP contribution in [0.3, 0.4) is 0 Å². The van der Waals surface area contributed by atoms with Gasteiger partial charge in [0.05, 0.1) is 80.3 Å². The molecule has 18 aromatic rings. The molecule has 0 saturated carbocycles. The van der Waals surface area contributed by atoms with Crippen LogP contribution in [0.4, 0.5) is 50.3 Å². The van der Waals surface area contributed by atoms with E-state index in [1.807, 2.05) is 195 Å². The number of hydrogen-bond donors (Lipinski definition) is 1. The SMILES string of the molecule is CCN(CC)S(=O)(=O)[N-]c1cccc2cccnc12.CCN(CC)c1ccc2nc3c4ccccc4c(=O)c(NC(=O)[N-]c4cccc5cccnc45)c-3oc2c1.CS(=O)(=O)[N-]c1cccc2nc(-c3ccccc3)c(-c3ccccc3)nc12.Cc1nc2c([N-]S(=O)(=O)c3cccc4ccccc34)cccc2s1.O=S(=O)([N-]c1cccc2cccnc12)[N-]c1cccc2cccnc12.[Zn+2].[Zn].[Zn].[Zn].[Zn]. The number of amides is 2. The van der Waals surface area contributed by atoms with Gasteiger partial charge in [-0.25, -0.2) is 49.5 Å². The maximum atomic E-state index is 13.6.